The van der Waals surface area contributed by atoms with E-state index in [1.807, 2.05) is 12.1 Å². The molecular formula is C17H12Cl3N3O2S2. The molecule has 1 atom stereocenters. The zero-order valence-electron chi connectivity index (χ0n) is 13.8. The number of carbonyl (C=O) groups is 1. The average Bonchev–Trinajstić information content (AvgIpc) is 2.98. The monoisotopic (exact) mass is 459 g/mol. The molecule has 140 valence electrons. The third kappa shape index (κ3) is 5.21. The average molecular weight is 461 g/mol. The first kappa shape index (κ1) is 20.1. The highest BCUT2D eigenvalue weighted by Crippen LogP contribution is 2.29. The molecule has 0 spiro atoms. The SMILES string of the molecule is CC(Oc1ccc(Cl)cc1Cl)C(=O)NC(=S)Nc1nc2ccc(Cl)cc2s1. The molecule has 0 saturated heterocycles. The largest absolute Gasteiger partial charge is 0.479 e. The van der Waals surface area contributed by atoms with Crippen molar-refractivity contribution in [2.75, 3.05) is 5.32 Å². The molecule has 0 aliphatic heterocycles. The Hall–Kier alpha value is -1.64. The highest BCUT2D eigenvalue weighted by atomic mass is 35.5. The van der Waals surface area contributed by atoms with Crippen molar-refractivity contribution < 1.29 is 9.53 Å². The number of thiazole rings is 1. The Balaban J connectivity index is 1.59. The number of carbonyl (C=O) groups excluding carboxylic acids is 1. The maximum Gasteiger partial charge on any atom is 0.266 e. The van der Waals surface area contributed by atoms with E-state index in [1.54, 1.807) is 25.1 Å². The zero-order valence-corrected chi connectivity index (χ0v) is 17.7. The van der Waals surface area contributed by atoms with Gasteiger partial charge in [-0.1, -0.05) is 46.1 Å². The number of benzene rings is 2. The predicted molar refractivity (Wildman–Crippen MR) is 116 cm³/mol. The Morgan fingerprint density at radius 2 is 1.89 bits per heavy atom. The Morgan fingerprint density at radius 3 is 2.63 bits per heavy atom. The molecule has 2 aromatic carbocycles. The minimum Gasteiger partial charge on any atom is -0.479 e. The molecule has 0 fully saturated rings. The fraction of sp³-hybridized carbons (Fsp3) is 0.118. The van der Waals surface area contributed by atoms with E-state index >= 15 is 0 Å². The van der Waals surface area contributed by atoms with E-state index < -0.39 is 12.0 Å². The number of fused-ring (bicyclic) bond motifs is 1. The van der Waals surface area contributed by atoms with Gasteiger partial charge in [0.25, 0.3) is 5.91 Å². The lowest BCUT2D eigenvalue weighted by molar-refractivity contribution is -0.125. The van der Waals surface area contributed by atoms with Crippen LogP contribution in [0.3, 0.4) is 0 Å². The van der Waals surface area contributed by atoms with Gasteiger partial charge in [-0.2, -0.15) is 0 Å². The van der Waals surface area contributed by atoms with Crippen molar-refractivity contribution in [3.8, 4) is 5.75 Å². The number of halogens is 3. The maximum atomic E-state index is 12.3. The van der Waals surface area contributed by atoms with Crippen LogP contribution >= 0.6 is 58.4 Å². The number of amides is 1. The summed E-state index contributed by atoms with van der Waals surface area (Å²) in [5, 5.41) is 7.53. The fourth-order valence-corrected chi connectivity index (χ4v) is 3.97. The number of rotatable bonds is 4. The van der Waals surface area contributed by atoms with Crippen LogP contribution in [0.4, 0.5) is 5.13 Å². The van der Waals surface area contributed by atoms with Gasteiger partial charge in [0.15, 0.2) is 16.3 Å². The van der Waals surface area contributed by atoms with Gasteiger partial charge in [-0.05, 0) is 55.5 Å². The number of nitrogens with zero attached hydrogens (tertiary/aromatic N) is 1. The van der Waals surface area contributed by atoms with Crippen LogP contribution in [0, 0.1) is 0 Å². The van der Waals surface area contributed by atoms with Gasteiger partial charge < -0.3 is 10.1 Å². The van der Waals surface area contributed by atoms with E-state index in [1.165, 1.54) is 17.4 Å². The Morgan fingerprint density at radius 1 is 1.19 bits per heavy atom. The summed E-state index contributed by atoms with van der Waals surface area (Å²) in [5.41, 5.74) is 0.787. The predicted octanol–water partition coefficient (Wildman–Crippen LogP) is 5.54. The zero-order chi connectivity index (χ0) is 19.6. The Bertz CT molecular complexity index is 1030. The second-order valence-electron chi connectivity index (χ2n) is 5.41. The van der Waals surface area contributed by atoms with Gasteiger partial charge in [0, 0.05) is 10.0 Å². The van der Waals surface area contributed by atoms with E-state index in [0.717, 1.165) is 10.2 Å². The Labute approximate surface area is 179 Å². The van der Waals surface area contributed by atoms with E-state index in [4.69, 9.17) is 51.8 Å². The number of hydrogen-bond acceptors (Lipinski definition) is 5. The topological polar surface area (TPSA) is 63.2 Å². The van der Waals surface area contributed by atoms with Crippen molar-refractivity contribution in [1.82, 2.24) is 10.3 Å². The molecule has 2 N–H and O–H groups in total. The number of anilines is 1. The van der Waals surface area contributed by atoms with E-state index in [2.05, 4.69) is 15.6 Å². The first-order valence-electron chi connectivity index (χ1n) is 7.61. The smallest absolute Gasteiger partial charge is 0.266 e. The van der Waals surface area contributed by atoms with Crippen LogP contribution in [0.2, 0.25) is 15.1 Å². The summed E-state index contributed by atoms with van der Waals surface area (Å²) in [6.07, 6.45) is -0.822. The number of hydrogen-bond donors (Lipinski definition) is 2. The quantitative estimate of drug-likeness (QED) is 0.501. The molecule has 10 heteroatoms. The van der Waals surface area contributed by atoms with Crippen molar-refractivity contribution in [3.63, 3.8) is 0 Å². The molecule has 0 saturated carbocycles. The summed E-state index contributed by atoms with van der Waals surface area (Å²) in [4.78, 5) is 16.7. The first-order valence-corrected chi connectivity index (χ1v) is 9.97. The van der Waals surface area contributed by atoms with Crippen LogP contribution in [-0.4, -0.2) is 22.1 Å². The summed E-state index contributed by atoms with van der Waals surface area (Å²) in [6.45, 7) is 1.59. The second-order valence-corrected chi connectivity index (χ2v) is 8.13. The summed E-state index contributed by atoms with van der Waals surface area (Å²) in [6, 6.07) is 10.1. The van der Waals surface area contributed by atoms with Crippen LogP contribution in [-0.2, 0) is 4.79 Å². The van der Waals surface area contributed by atoms with Crippen LogP contribution in [0.25, 0.3) is 10.2 Å². The van der Waals surface area contributed by atoms with Crippen molar-refractivity contribution in [3.05, 3.63) is 51.5 Å². The minimum atomic E-state index is -0.822. The van der Waals surface area contributed by atoms with Crippen molar-refractivity contribution >= 4 is 84.7 Å². The molecule has 1 heterocycles. The van der Waals surface area contributed by atoms with Crippen LogP contribution in [0.1, 0.15) is 6.92 Å². The molecule has 3 rings (SSSR count). The summed E-state index contributed by atoms with van der Waals surface area (Å²) >= 11 is 24.4. The first-order chi connectivity index (χ1) is 12.8. The number of aromatic nitrogens is 1. The number of nitrogens with one attached hydrogen (secondary N) is 2. The van der Waals surface area contributed by atoms with Crippen LogP contribution in [0.15, 0.2) is 36.4 Å². The minimum absolute atomic E-state index is 0.114. The van der Waals surface area contributed by atoms with Crippen molar-refractivity contribution in [2.45, 2.75) is 13.0 Å². The lowest BCUT2D eigenvalue weighted by Gasteiger charge is -2.16. The van der Waals surface area contributed by atoms with Crippen molar-refractivity contribution in [1.29, 1.82) is 0 Å². The summed E-state index contributed by atoms with van der Waals surface area (Å²) < 4.78 is 6.47. The molecule has 0 radical (unpaired) electrons. The van der Waals surface area contributed by atoms with Gasteiger partial charge >= 0.3 is 0 Å². The molecule has 5 nitrogen and oxygen atoms in total. The highest BCUT2D eigenvalue weighted by Gasteiger charge is 2.18. The van der Waals surface area contributed by atoms with Gasteiger partial charge in [-0.15, -0.1) is 0 Å². The molecule has 0 aliphatic carbocycles. The number of thiocarbonyl (C=S) groups is 1. The van der Waals surface area contributed by atoms with E-state index in [0.29, 0.717) is 25.9 Å². The van der Waals surface area contributed by atoms with Gasteiger partial charge in [0.2, 0.25) is 0 Å². The van der Waals surface area contributed by atoms with Crippen LogP contribution < -0.4 is 15.4 Å². The lowest BCUT2D eigenvalue weighted by Crippen LogP contribution is -2.42. The summed E-state index contributed by atoms with van der Waals surface area (Å²) in [5.74, 6) is -0.0756. The van der Waals surface area contributed by atoms with E-state index in [-0.39, 0.29) is 5.11 Å². The second kappa shape index (κ2) is 8.58. The normalized spacial score (nSPS) is 11.9. The molecule has 0 bridgehead atoms. The fourth-order valence-electron chi connectivity index (χ4n) is 2.11. The van der Waals surface area contributed by atoms with Gasteiger partial charge in [0.05, 0.1) is 15.2 Å². The lowest BCUT2D eigenvalue weighted by atomic mass is 10.3. The molecule has 1 unspecified atom stereocenters. The third-order valence-corrected chi connectivity index (χ3v) is 5.28. The molecule has 1 aromatic heterocycles. The molecule has 1 amide bonds. The number of ether oxygens (including phenoxy) is 1. The molecule has 27 heavy (non-hydrogen) atoms. The van der Waals surface area contributed by atoms with Crippen LogP contribution in [0.5, 0.6) is 5.75 Å². The van der Waals surface area contributed by atoms with Crippen molar-refractivity contribution in [2.24, 2.45) is 0 Å². The van der Waals surface area contributed by atoms with Gasteiger partial charge in [0.1, 0.15) is 5.75 Å². The van der Waals surface area contributed by atoms with Gasteiger partial charge in [-0.3, -0.25) is 10.1 Å². The third-order valence-electron chi connectivity index (χ3n) is 3.37. The summed E-state index contributed by atoms with van der Waals surface area (Å²) in [7, 11) is 0. The standard InChI is InChI=1S/C17H12Cl3N3O2S2/c1-8(25-13-5-3-9(18)6-11(13)20)15(24)22-16(26)23-17-21-12-4-2-10(19)7-14(12)27-17/h2-8H,1H3,(H2,21,22,23,24,26). The maximum absolute atomic E-state index is 12.3. The molecule has 3 aromatic rings. The Kier molecular flexibility index (Phi) is 6.39. The molecule has 0 aliphatic rings. The highest BCUT2D eigenvalue weighted by molar-refractivity contribution is 7.80. The van der Waals surface area contributed by atoms with Gasteiger partial charge in [-0.25, -0.2) is 4.98 Å². The van der Waals surface area contributed by atoms with E-state index in [9.17, 15) is 4.79 Å². The molecular weight excluding hydrogens is 449 g/mol.